The minimum Gasteiger partial charge on any atom is -0.339 e. The summed E-state index contributed by atoms with van der Waals surface area (Å²) in [6.07, 6.45) is 0.648. The van der Waals surface area contributed by atoms with Gasteiger partial charge < -0.3 is 16.0 Å². The molecule has 0 radical (unpaired) electrons. The molecule has 3 N–H and O–H groups in total. The third-order valence-corrected chi connectivity index (χ3v) is 4.51. The average molecular weight is 346 g/mol. The highest BCUT2D eigenvalue weighted by Crippen LogP contribution is 2.19. The van der Waals surface area contributed by atoms with E-state index in [2.05, 4.69) is 10.3 Å². The predicted octanol–water partition coefficient (Wildman–Crippen LogP) is 2.38. The van der Waals surface area contributed by atoms with Crippen LogP contribution in [0.4, 0.5) is 5.69 Å². The molecule has 1 aromatic heterocycles. The molecule has 2 amide bonds. The molecule has 2 aromatic rings. The third kappa shape index (κ3) is 4.18. The largest absolute Gasteiger partial charge is 0.339 e. The maximum Gasteiger partial charge on any atom is 0.275 e. The fourth-order valence-electron chi connectivity index (χ4n) is 2.30. The Kier molecular flexibility index (Phi) is 6.45. The highest BCUT2D eigenvalue weighted by atomic mass is 32.1. The van der Waals surface area contributed by atoms with Gasteiger partial charge in [-0.2, -0.15) is 0 Å². The lowest BCUT2D eigenvalue weighted by Gasteiger charge is -2.20. The summed E-state index contributed by atoms with van der Waals surface area (Å²) in [6, 6.07) is 7.02. The molecule has 128 valence electrons. The van der Waals surface area contributed by atoms with E-state index < -0.39 is 0 Å². The number of benzene rings is 1. The Morgan fingerprint density at radius 3 is 2.62 bits per heavy atom. The van der Waals surface area contributed by atoms with Crippen LogP contribution in [0.25, 0.3) is 0 Å². The van der Waals surface area contributed by atoms with Crippen LogP contribution >= 0.6 is 11.3 Å². The molecule has 0 aliphatic carbocycles. The zero-order valence-electron chi connectivity index (χ0n) is 13.9. The molecule has 0 aliphatic heterocycles. The van der Waals surface area contributed by atoms with Crippen LogP contribution in [0.15, 0.2) is 29.6 Å². The molecule has 0 unspecified atom stereocenters. The number of aromatic nitrogens is 1. The van der Waals surface area contributed by atoms with Crippen LogP contribution in [0.1, 0.15) is 39.7 Å². The fourth-order valence-corrected chi connectivity index (χ4v) is 3.09. The van der Waals surface area contributed by atoms with E-state index in [9.17, 15) is 9.59 Å². The zero-order chi connectivity index (χ0) is 17.5. The summed E-state index contributed by atoms with van der Waals surface area (Å²) in [4.78, 5) is 31.0. The highest BCUT2D eigenvalue weighted by molar-refractivity contribution is 7.09. The van der Waals surface area contributed by atoms with E-state index in [1.54, 1.807) is 34.5 Å². The Balaban J connectivity index is 2.20. The molecule has 0 spiro atoms. The number of hydrogen-bond donors (Lipinski definition) is 2. The molecular weight excluding hydrogens is 324 g/mol. The molecular formula is C17H22N4O2S. The molecule has 0 saturated heterocycles. The summed E-state index contributed by atoms with van der Waals surface area (Å²) in [5, 5.41) is 5.33. The van der Waals surface area contributed by atoms with Gasteiger partial charge in [0.1, 0.15) is 5.69 Å². The van der Waals surface area contributed by atoms with Crippen molar-refractivity contribution in [3.05, 3.63) is 45.9 Å². The number of nitrogens with two attached hydrogens (primary N) is 1. The van der Waals surface area contributed by atoms with Gasteiger partial charge in [0.05, 0.1) is 16.3 Å². The molecule has 24 heavy (non-hydrogen) atoms. The van der Waals surface area contributed by atoms with E-state index in [0.717, 1.165) is 5.01 Å². The van der Waals surface area contributed by atoms with Gasteiger partial charge in [-0.1, -0.05) is 12.1 Å². The number of carbonyl (C=O) groups excluding carboxylic acids is 2. The maximum absolute atomic E-state index is 12.6. The lowest BCUT2D eigenvalue weighted by atomic mass is 10.1. The van der Waals surface area contributed by atoms with Gasteiger partial charge >= 0.3 is 0 Å². The molecule has 7 heteroatoms. The second kappa shape index (κ2) is 8.56. The Labute approximate surface area is 145 Å². The number of nitrogens with zero attached hydrogens (tertiary/aromatic N) is 2. The van der Waals surface area contributed by atoms with Gasteiger partial charge in [0.2, 0.25) is 0 Å². The zero-order valence-corrected chi connectivity index (χ0v) is 14.7. The number of thiazole rings is 1. The van der Waals surface area contributed by atoms with Gasteiger partial charge in [-0.3, -0.25) is 9.59 Å². The fraction of sp³-hybridized carbons (Fsp3) is 0.353. The smallest absolute Gasteiger partial charge is 0.275 e. The van der Waals surface area contributed by atoms with Gasteiger partial charge in [-0.25, -0.2) is 4.98 Å². The van der Waals surface area contributed by atoms with Crippen LogP contribution in [0, 0.1) is 0 Å². The van der Waals surface area contributed by atoms with Crippen molar-refractivity contribution in [1.29, 1.82) is 0 Å². The molecule has 1 heterocycles. The van der Waals surface area contributed by atoms with Crippen molar-refractivity contribution in [2.45, 2.75) is 20.3 Å². The first-order valence-corrected chi connectivity index (χ1v) is 8.82. The highest BCUT2D eigenvalue weighted by Gasteiger charge is 2.18. The van der Waals surface area contributed by atoms with E-state index in [0.29, 0.717) is 43.0 Å². The summed E-state index contributed by atoms with van der Waals surface area (Å²) in [5.74, 6) is -0.424. The van der Waals surface area contributed by atoms with Crippen LogP contribution in [-0.4, -0.2) is 41.3 Å². The first-order chi connectivity index (χ1) is 11.6. The van der Waals surface area contributed by atoms with Crippen LogP contribution < -0.4 is 11.1 Å². The quantitative estimate of drug-likeness (QED) is 0.805. The third-order valence-electron chi connectivity index (χ3n) is 3.60. The first kappa shape index (κ1) is 18.1. The number of carbonyl (C=O) groups is 2. The van der Waals surface area contributed by atoms with Crippen LogP contribution in [0.5, 0.6) is 0 Å². The van der Waals surface area contributed by atoms with Crippen molar-refractivity contribution in [3.63, 3.8) is 0 Å². The van der Waals surface area contributed by atoms with Crippen molar-refractivity contribution in [2.24, 2.45) is 5.73 Å². The van der Waals surface area contributed by atoms with Crippen molar-refractivity contribution in [3.8, 4) is 0 Å². The summed E-state index contributed by atoms with van der Waals surface area (Å²) in [6.45, 7) is 5.59. The molecule has 6 nitrogen and oxygen atoms in total. The molecule has 0 bridgehead atoms. The summed E-state index contributed by atoms with van der Waals surface area (Å²) < 4.78 is 0. The second-order valence-electron chi connectivity index (χ2n) is 5.14. The summed E-state index contributed by atoms with van der Waals surface area (Å²) in [7, 11) is 0. The lowest BCUT2D eigenvalue weighted by Crippen LogP contribution is -2.31. The van der Waals surface area contributed by atoms with Crippen LogP contribution in [0.2, 0.25) is 0 Å². The van der Waals surface area contributed by atoms with Gasteiger partial charge in [-0.15, -0.1) is 11.3 Å². The second-order valence-corrected chi connectivity index (χ2v) is 6.08. The van der Waals surface area contributed by atoms with E-state index >= 15 is 0 Å². The molecule has 2 rings (SSSR count). The van der Waals surface area contributed by atoms with E-state index in [-0.39, 0.29) is 11.8 Å². The Bertz CT molecular complexity index is 710. The molecule has 0 saturated carbocycles. The monoisotopic (exact) mass is 346 g/mol. The summed E-state index contributed by atoms with van der Waals surface area (Å²) in [5.41, 5.74) is 6.81. The van der Waals surface area contributed by atoms with Gasteiger partial charge in [-0.05, 0) is 32.5 Å². The number of para-hydroxylation sites is 1. The number of amides is 2. The molecule has 0 atom stereocenters. The number of nitrogens with one attached hydrogen (secondary N) is 1. The minimum atomic E-state index is -0.325. The van der Waals surface area contributed by atoms with E-state index in [4.69, 9.17) is 5.73 Å². The Morgan fingerprint density at radius 1 is 1.25 bits per heavy atom. The predicted molar refractivity (Wildman–Crippen MR) is 96.5 cm³/mol. The van der Waals surface area contributed by atoms with Gasteiger partial charge in [0.25, 0.3) is 11.8 Å². The normalized spacial score (nSPS) is 10.5. The number of rotatable bonds is 7. The molecule has 1 aromatic carbocycles. The lowest BCUT2D eigenvalue weighted by molar-refractivity contribution is 0.0774. The average Bonchev–Trinajstić information content (AvgIpc) is 3.05. The topological polar surface area (TPSA) is 88.3 Å². The Hall–Kier alpha value is -2.25. The Morgan fingerprint density at radius 2 is 1.96 bits per heavy atom. The van der Waals surface area contributed by atoms with Crippen LogP contribution in [-0.2, 0) is 6.42 Å². The van der Waals surface area contributed by atoms with Crippen LogP contribution in [0.3, 0.4) is 0 Å². The summed E-state index contributed by atoms with van der Waals surface area (Å²) >= 11 is 1.41. The van der Waals surface area contributed by atoms with Crippen molar-refractivity contribution < 1.29 is 9.59 Å². The maximum atomic E-state index is 12.6. The van der Waals surface area contributed by atoms with Crippen molar-refractivity contribution in [1.82, 2.24) is 9.88 Å². The molecule has 0 fully saturated rings. The van der Waals surface area contributed by atoms with E-state index in [1.807, 2.05) is 13.8 Å². The first-order valence-electron chi connectivity index (χ1n) is 7.94. The van der Waals surface area contributed by atoms with Crippen molar-refractivity contribution >= 4 is 28.8 Å². The van der Waals surface area contributed by atoms with E-state index in [1.165, 1.54) is 11.3 Å². The van der Waals surface area contributed by atoms with Gasteiger partial charge in [0, 0.05) is 24.9 Å². The standard InChI is InChI=1S/C17H22N4O2S/c1-3-21(4-2)17(23)12-7-5-6-8-13(12)20-16(22)14-11-24-15(19-14)9-10-18/h5-8,11H,3-4,9-10,18H2,1-2H3,(H,20,22). The minimum absolute atomic E-state index is 0.0991. The number of hydrogen-bond acceptors (Lipinski definition) is 5. The number of anilines is 1. The molecule has 0 aliphatic rings. The van der Waals surface area contributed by atoms with Crippen molar-refractivity contribution in [2.75, 3.05) is 25.0 Å². The van der Waals surface area contributed by atoms with Gasteiger partial charge in [0.15, 0.2) is 0 Å². The SMILES string of the molecule is CCN(CC)C(=O)c1ccccc1NC(=O)c1csc(CCN)n1.